The molecule has 0 aromatic heterocycles. The number of nitrogens with zero attached hydrogens (tertiary/aromatic N) is 2. The van der Waals surface area contributed by atoms with Gasteiger partial charge in [-0.1, -0.05) is 18.2 Å². The van der Waals surface area contributed by atoms with Crippen molar-refractivity contribution in [2.24, 2.45) is 4.99 Å². The van der Waals surface area contributed by atoms with Crippen LogP contribution >= 0.6 is 0 Å². The van der Waals surface area contributed by atoms with Gasteiger partial charge in [-0.2, -0.15) is 0 Å². The van der Waals surface area contributed by atoms with Crippen molar-refractivity contribution in [2.45, 2.75) is 32.4 Å². The Kier molecular flexibility index (Phi) is 6.34. The molecule has 1 aliphatic heterocycles. The SMILES string of the molecule is CCOC1CCN(C(=NC)NCc2ccc3cc(OC)ccc3c2)CC1. The summed E-state index contributed by atoms with van der Waals surface area (Å²) in [6.45, 7) is 5.60. The maximum Gasteiger partial charge on any atom is 0.193 e. The highest BCUT2D eigenvalue weighted by atomic mass is 16.5. The monoisotopic (exact) mass is 355 g/mol. The van der Waals surface area contributed by atoms with Crippen LogP contribution in [0.4, 0.5) is 0 Å². The van der Waals surface area contributed by atoms with Gasteiger partial charge in [0.1, 0.15) is 5.75 Å². The van der Waals surface area contributed by atoms with E-state index in [1.165, 1.54) is 16.3 Å². The number of guanidine groups is 1. The molecule has 0 saturated carbocycles. The zero-order valence-electron chi connectivity index (χ0n) is 16.0. The molecular formula is C21H29N3O2. The van der Waals surface area contributed by atoms with Gasteiger partial charge in [-0.3, -0.25) is 4.99 Å². The molecule has 1 aliphatic rings. The first-order chi connectivity index (χ1) is 12.7. The highest BCUT2D eigenvalue weighted by Crippen LogP contribution is 2.22. The molecule has 0 unspecified atom stereocenters. The smallest absolute Gasteiger partial charge is 0.193 e. The van der Waals surface area contributed by atoms with Gasteiger partial charge in [0.2, 0.25) is 0 Å². The fourth-order valence-corrected chi connectivity index (χ4v) is 3.49. The van der Waals surface area contributed by atoms with Crippen molar-refractivity contribution < 1.29 is 9.47 Å². The first-order valence-corrected chi connectivity index (χ1v) is 9.37. The summed E-state index contributed by atoms with van der Waals surface area (Å²) < 4.78 is 11.0. The quantitative estimate of drug-likeness (QED) is 0.659. The van der Waals surface area contributed by atoms with Crippen LogP contribution < -0.4 is 10.1 Å². The van der Waals surface area contributed by atoms with Crippen LogP contribution in [0.1, 0.15) is 25.3 Å². The largest absolute Gasteiger partial charge is 0.497 e. The minimum Gasteiger partial charge on any atom is -0.497 e. The Bertz CT molecular complexity index is 752. The van der Waals surface area contributed by atoms with Crippen molar-refractivity contribution in [1.29, 1.82) is 0 Å². The van der Waals surface area contributed by atoms with Gasteiger partial charge in [-0.25, -0.2) is 0 Å². The van der Waals surface area contributed by atoms with E-state index in [0.29, 0.717) is 6.10 Å². The summed E-state index contributed by atoms with van der Waals surface area (Å²) in [5.41, 5.74) is 1.24. The zero-order chi connectivity index (χ0) is 18.4. The van der Waals surface area contributed by atoms with E-state index >= 15 is 0 Å². The Morgan fingerprint density at radius 1 is 1.15 bits per heavy atom. The standard InChI is InChI=1S/C21H29N3O2/c1-4-26-19-9-11-24(12-10-19)21(22-2)23-15-16-5-6-18-14-20(25-3)8-7-17(18)13-16/h5-8,13-14,19H,4,9-12,15H2,1-3H3,(H,22,23). The maximum absolute atomic E-state index is 5.74. The molecular weight excluding hydrogens is 326 g/mol. The number of aliphatic imine (C=N–C) groups is 1. The molecule has 1 saturated heterocycles. The number of hydrogen-bond acceptors (Lipinski definition) is 3. The van der Waals surface area contributed by atoms with E-state index < -0.39 is 0 Å². The number of likely N-dealkylation sites (tertiary alicyclic amines) is 1. The van der Waals surface area contributed by atoms with Gasteiger partial charge in [0.15, 0.2) is 5.96 Å². The molecule has 5 nitrogen and oxygen atoms in total. The lowest BCUT2D eigenvalue weighted by atomic mass is 10.1. The van der Waals surface area contributed by atoms with Gasteiger partial charge >= 0.3 is 0 Å². The van der Waals surface area contributed by atoms with Crippen molar-refractivity contribution in [3.63, 3.8) is 0 Å². The second-order valence-electron chi connectivity index (χ2n) is 6.59. The third-order valence-corrected chi connectivity index (χ3v) is 4.92. The number of rotatable bonds is 5. The van der Waals surface area contributed by atoms with E-state index in [0.717, 1.165) is 50.8 Å². The Hall–Kier alpha value is -2.27. The summed E-state index contributed by atoms with van der Waals surface area (Å²) in [4.78, 5) is 6.78. The molecule has 5 heteroatoms. The topological polar surface area (TPSA) is 46.1 Å². The molecule has 0 amide bonds. The second kappa shape index (κ2) is 8.90. The van der Waals surface area contributed by atoms with Crippen molar-refractivity contribution in [2.75, 3.05) is 33.9 Å². The fourth-order valence-electron chi connectivity index (χ4n) is 3.49. The van der Waals surface area contributed by atoms with E-state index in [4.69, 9.17) is 9.47 Å². The fraction of sp³-hybridized carbons (Fsp3) is 0.476. The normalized spacial score (nSPS) is 16.1. The zero-order valence-corrected chi connectivity index (χ0v) is 16.0. The molecule has 140 valence electrons. The third-order valence-electron chi connectivity index (χ3n) is 4.92. The number of fused-ring (bicyclic) bond motifs is 1. The predicted molar refractivity (Wildman–Crippen MR) is 107 cm³/mol. The van der Waals surface area contributed by atoms with Gasteiger partial charge < -0.3 is 19.7 Å². The van der Waals surface area contributed by atoms with Crippen molar-refractivity contribution in [1.82, 2.24) is 10.2 Å². The van der Waals surface area contributed by atoms with Crippen LogP contribution in [0.2, 0.25) is 0 Å². The van der Waals surface area contributed by atoms with Gasteiger partial charge in [-0.05, 0) is 54.3 Å². The highest BCUT2D eigenvalue weighted by molar-refractivity contribution is 5.85. The maximum atomic E-state index is 5.74. The Labute approximate surface area is 156 Å². The minimum absolute atomic E-state index is 0.395. The van der Waals surface area contributed by atoms with Crippen LogP contribution in [0.5, 0.6) is 5.75 Å². The Morgan fingerprint density at radius 2 is 1.88 bits per heavy atom. The van der Waals surface area contributed by atoms with Crippen LogP contribution in [-0.4, -0.2) is 50.8 Å². The van der Waals surface area contributed by atoms with Crippen molar-refractivity contribution in [3.8, 4) is 5.75 Å². The van der Waals surface area contributed by atoms with Crippen LogP contribution in [0.25, 0.3) is 10.8 Å². The first kappa shape index (κ1) is 18.5. The lowest BCUT2D eigenvalue weighted by Gasteiger charge is -2.34. The lowest BCUT2D eigenvalue weighted by Crippen LogP contribution is -2.46. The summed E-state index contributed by atoms with van der Waals surface area (Å²) in [5, 5.41) is 5.91. The molecule has 2 aromatic rings. The summed E-state index contributed by atoms with van der Waals surface area (Å²) in [6, 6.07) is 12.7. The van der Waals surface area contributed by atoms with Gasteiger partial charge in [-0.15, -0.1) is 0 Å². The van der Waals surface area contributed by atoms with Crippen LogP contribution in [0, 0.1) is 0 Å². The van der Waals surface area contributed by atoms with Gasteiger partial charge in [0.05, 0.1) is 13.2 Å². The molecule has 2 aromatic carbocycles. The van der Waals surface area contributed by atoms with Crippen LogP contribution in [0.3, 0.4) is 0 Å². The number of nitrogens with one attached hydrogen (secondary N) is 1. The van der Waals surface area contributed by atoms with E-state index in [1.807, 2.05) is 13.1 Å². The van der Waals surface area contributed by atoms with E-state index in [-0.39, 0.29) is 0 Å². The predicted octanol–water partition coefficient (Wildman–Crippen LogP) is 3.42. The molecule has 0 radical (unpaired) electrons. The minimum atomic E-state index is 0.395. The number of piperidine rings is 1. The highest BCUT2D eigenvalue weighted by Gasteiger charge is 2.21. The second-order valence-corrected chi connectivity index (χ2v) is 6.59. The number of hydrogen-bond donors (Lipinski definition) is 1. The van der Waals surface area contributed by atoms with E-state index in [1.54, 1.807) is 7.11 Å². The molecule has 0 aliphatic carbocycles. The van der Waals surface area contributed by atoms with Crippen LogP contribution in [-0.2, 0) is 11.3 Å². The molecule has 0 bridgehead atoms. The molecule has 0 atom stereocenters. The number of ether oxygens (including phenoxy) is 2. The number of benzene rings is 2. The van der Waals surface area contributed by atoms with Gasteiger partial charge in [0, 0.05) is 33.3 Å². The summed E-state index contributed by atoms with van der Waals surface area (Å²) in [5.74, 6) is 1.86. The lowest BCUT2D eigenvalue weighted by molar-refractivity contribution is 0.0263. The van der Waals surface area contributed by atoms with E-state index in [2.05, 4.69) is 52.5 Å². The molecule has 1 N–H and O–H groups in total. The molecule has 1 fully saturated rings. The Morgan fingerprint density at radius 3 is 2.58 bits per heavy atom. The molecule has 26 heavy (non-hydrogen) atoms. The van der Waals surface area contributed by atoms with E-state index in [9.17, 15) is 0 Å². The van der Waals surface area contributed by atoms with Gasteiger partial charge in [0.25, 0.3) is 0 Å². The average molecular weight is 355 g/mol. The van der Waals surface area contributed by atoms with Crippen LogP contribution in [0.15, 0.2) is 41.4 Å². The molecule has 1 heterocycles. The molecule has 3 rings (SSSR count). The number of methoxy groups -OCH3 is 1. The summed E-state index contributed by atoms with van der Waals surface area (Å²) in [7, 11) is 3.55. The van der Waals surface area contributed by atoms with Crippen molar-refractivity contribution in [3.05, 3.63) is 42.0 Å². The van der Waals surface area contributed by atoms with Crippen molar-refractivity contribution >= 4 is 16.7 Å². The Balaban J connectivity index is 1.59. The summed E-state index contributed by atoms with van der Waals surface area (Å²) >= 11 is 0. The average Bonchev–Trinajstić information content (AvgIpc) is 2.69. The molecule has 0 spiro atoms. The third kappa shape index (κ3) is 4.47. The summed E-state index contributed by atoms with van der Waals surface area (Å²) in [6.07, 6.45) is 2.52. The first-order valence-electron chi connectivity index (χ1n) is 9.37.